The second-order valence-corrected chi connectivity index (χ2v) is 7.08. The molecule has 2 aromatic carbocycles. The quantitative estimate of drug-likeness (QED) is 0.445. The van der Waals surface area contributed by atoms with E-state index >= 15 is 0 Å². The van der Waals surface area contributed by atoms with Crippen LogP contribution in [0, 0.1) is 12.7 Å². The van der Waals surface area contributed by atoms with Crippen LogP contribution in [0.5, 0.6) is 0 Å². The van der Waals surface area contributed by atoms with Gasteiger partial charge in [-0.3, -0.25) is 4.79 Å². The average molecular weight is 409 g/mol. The Hall–Kier alpha value is -3.45. The minimum Gasteiger partial charge on any atom is -0.395 e. The third-order valence-corrected chi connectivity index (χ3v) is 4.86. The topological polar surface area (TPSA) is 94.2 Å². The number of rotatable bonds is 7. The van der Waals surface area contributed by atoms with Crippen molar-refractivity contribution < 1.29 is 19.1 Å². The largest absolute Gasteiger partial charge is 0.395 e. The zero-order valence-corrected chi connectivity index (χ0v) is 16.8. The van der Waals surface area contributed by atoms with Crippen molar-refractivity contribution in [3.05, 3.63) is 88.5 Å². The third-order valence-electron chi connectivity index (χ3n) is 4.86. The van der Waals surface area contributed by atoms with Crippen molar-refractivity contribution in [2.75, 3.05) is 18.5 Å². The number of aromatic nitrogens is 1. The molecule has 6 nitrogen and oxygen atoms in total. The number of hydrogen-bond acceptors (Lipinski definition) is 3. The van der Waals surface area contributed by atoms with E-state index in [0.29, 0.717) is 28.2 Å². The number of aromatic amines is 1. The van der Waals surface area contributed by atoms with E-state index in [0.717, 1.165) is 5.56 Å². The van der Waals surface area contributed by atoms with Crippen molar-refractivity contribution in [2.45, 2.75) is 19.8 Å². The molecular weight excluding hydrogens is 385 g/mol. The number of benzene rings is 2. The first-order valence-corrected chi connectivity index (χ1v) is 9.64. The number of halogens is 1. The highest BCUT2D eigenvalue weighted by molar-refractivity contribution is 6.07. The molecule has 0 bridgehead atoms. The van der Waals surface area contributed by atoms with Crippen molar-refractivity contribution in [2.24, 2.45) is 0 Å². The molecule has 2 amide bonds. The highest BCUT2D eigenvalue weighted by Crippen LogP contribution is 2.28. The maximum Gasteiger partial charge on any atom is 0.319 e. The molecule has 0 radical (unpaired) electrons. The second kappa shape index (κ2) is 9.37. The number of aliphatic hydroxyl groups is 1. The smallest absolute Gasteiger partial charge is 0.319 e. The van der Waals surface area contributed by atoms with Crippen LogP contribution < -0.4 is 10.6 Å². The Kier molecular flexibility index (Phi) is 6.64. The van der Waals surface area contributed by atoms with Gasteiger partial charge in [0.25, 0.3) is 0 Å². The number of anilines is 1. The number of aliphatic hydroxyl groups excluding tert-OH is 1. The Bertz CT molecular complexity index is 1040. The molecular formula is C23H24FN3O3. The van der Waals surface area contributed by atoms with Crippen LogP contribution in [-0.2, 0) is 0 Å². The van der Waals surface area contributed by atoms with Gasteiger partial charge in [0.2, 0.25) is 5.78 Å². The van der Waals surface area contributed by atoms with Gasteiger partial charge in [0.05, 0.1) is 12.3 Å². The molecule has 0 fully saturated rings. The molecule has 1 unspecified atom stereocenters. The molecule has 0 aliphatic carbocycles. The van der Waals surface area contributed by atoms with Gasteiger partial charge in [-0.05, 0) is 36.8 Å². The van der Waals surface area contributed by atoms with E-state index < -0.39 is 11.8 Å². The van der Waals surface area contributed by atoms with E-state index in [9.17, 15) is 14.0 Å². The van der Waals surface area contributed by atoms with Gasteiger partial charge < -0.3 is 20.7 Å². The fourth-order valence-corrected chi connectivity index (χ4v) is 3.13. The van der Waals surface area contributed by atoms with E-state index in [4.69, 9.17) is 5.11 Å². The van der Waals surface area contributed by atoms with Crippen molar-refractivity contribution in [3.63, 3.8) is 0 Å². The average Bonchev–Trinajstić information content (AvgIpc) is 3.22. The lowest BCUT2D eigenvalue weighted by atomic mass is 9.97. The molecule has 156 valence electrons. The molecule has 0 saturated heterocycles. The number of amides is 2. The summed E-state index contributed by atoms with van der Waals surface area (Å²) in [5.41, 5.74) is 3.56. The molecule has 4 N–H and O–H groups in total. The minimum absolute atomic E-state index is 0.111. The molecule has 7 heteroatoms. The van der Waals surface area contributed by atoms with Crippen molar-refractivity contribution >= 4 is 17.5 Å². The van der Waals surface area contributed by atoms with Crippen LogP contribution in [0.25, 0.3) is 0 Å². The predicted octanol–water partition coefficient (Wildman–Crippen LogP) is 3.96. The summed E-state index contributed by atoms with van der Waals surface area (Å²) < 4.78 is 14.7. The Labute approximate surface area is 174 Å². The highest BCUT2D eigenvalue weighted by atomic mass is 19.1. The summed E-state index contributed by atoms with van der Waals surface area (Å²) in [6.45, 7) is 3.73. The zero-order valence-electron chi connectivity index (χ0n) is 16.8. The number of hydrogen-bond donors (Lipinski definition) is 4. The monoisotopic (exact) mass is 409 g/mol. The molecule has 1 atom stereocenters. The number of H-pyrrole nitrogens is 1. The molecule has 0 aliphatic heterocycles. The van der Waals surface area contributed by atoms with Gasteiger partial charge in [-0.2, -0.15) is 0 Å². The van der Waals surface area contributed by atoms with Gasteiger partial charge in [0.15, 0.2) is 0 Å². The Balaban J connectivity index is 1.74. The summed E-state index contributed by atoms with van der Waals surface area (Å²) in [4.78, 5) is 27.4. The van der Waals surface area contributed by atoms with E-state index in [-0.39, 0.29) is 24.9 Å². The standard InChI is InChI=1S/C23H24FN3O3/c1-14-3-5-16(6-4-14)22(29)21-10-9-20(27-21)15(2)18-8-7-17(13-19(18)24)26-23(30)25-11-12-28/h3-10,13,15,27-28H,11-12H2,1-2H3,(H2,25,26,30). The van der Waals surface area contributed by atoms with Gasteiger partial charge in [-0.15, -0.1) is 0 Å². The molecule has 3 aromatic rings. The molecule has 1 heterocycles. The Morgan fingerprint density at radius 2 is 1.83 bits per heavy atom. The lowest BCUT2D eigenvalue weighted by molar-refractivity contribution is 0.103. The van der Waals surface area contributed by atoms with Crippen LogP contribution in [0.4, 0.5) is 14.9 Å². The number of carbonyl (C=O) groups is 2. The van der Waals surface area contributed by atoms with E-state index in [1.807, 2.05) is 26.0 Å². The summed E-state index contributed by atoms with van der Waals surface area (Å²) in [5, 5.41) is 13.7. The van der Waals surface area contributed by atoms with Crippen molar-refractivity contribution in [1.29, 1.82) is 0 Å². The summed E-state index contributed by atoms with van der Waals surface area (Å²) in [5.74, 6) is -0.910. The maximum absolute atomic E-state index is 14.7. The molecule has 0 saturated carbocycles. The molecule has 30 heavy (non-hydrogen) atoms. The van der Waals surface area contributed by atoms with Gasteiger partial charge in [-0.25, -0.2) is 9.18 Å². The van der Waals surface area contributed by atoms with Gasteiger partial charge in [-0.1, -0.05) is 42.8 Å². The first-order valence-electron chi connectivity index (χ1n) is 9.64. The van der Waals surface area contributed by atoms with Gasteiger partial charge in [0.1, 0.15) is 5.82 Å². The van der Waals surface area contributed by atoms with Gasteiger partial charge >= 0.3 is 6.03 Å². The predicted molar refractivity (Wildman–Crippen MR) is 113 cm³/mol. The third kappa shape index (κ3) is 4.93. The van der Waals surface area contributed by atoms with Gasteiger partial charge in [0, 0.05) is 29.4 Å². The van der Waals surface area contributed by atoms with Crippen LogP contribution in [0.1, 0.15) is 45.7 Å². The number of carbonyl (C=O) groups excluding carboxylic acids is 2. The fraction of sp³-hybridized carbons (Fsp3) is 0.217. The number of nitrogens with one attached hydrogen (secondary N) is 3. The number of aryl methyl sites for hydroxylation is 1. The summed E-state index contributed by atoms with van der Waals surface area (Å²) in [6.07, 6.45) is 0. The normalized spacial score (nSPS) is 11.7. The van der Waals surface area contributed by atoms with Crippen LogP contribution in [-0.4, -0.2) is 35.1 Å². The maximum atomic E-state index is 14.7. The SMILES string of the molecule is Cc1ccc(C(=O)c2ccc(C(C)c3ccc(NC(=O)NCCO)cc3F)[nH]2)cc1. The zero-order chi connectivity index (χ0) is 21.7. The Morgan fingerprint density at radius 1 is 1.10 bits per heavy atom. The lowest BCUT2D eigenvalue weighted by Gasteiger charge is -2.13. The first-order chi connectivity index (χ1) is 14.4. The molecule has 1 aromatic heterocycles. The van der Waals surface area contributed by atoms with E-state index in [1.54, 1.807) is 36.4 Å². The number of ketones is 1. The van der Waals surface area contributed by atoms with Crippen molar-refractivity contribution in [1.82, 2.24) is 10.3 Å². The van der Waals surface area contributed by atoms with Crippen LogP contribution >= 0.6 is 0 Å². The minimum atomic E-state index is -0.520. The fourth-order valence-electron chi connectivity index (χ4n) is 3.13. The van der Waals surface area contributed by atoms with Crippen molar-refractivity contribution in [3.8, 4) is 0 Å². The Morgan fingerprint density at radius 3 is 2.50 bits per heavy atom. The lowest BCUT2D eigenvalue weighted by Crippen LogP contribution is -2.31. The summed E-state index contributed by atoms with van der Waals surface area (Å²) >= 11 is 0. The van der Waals surface area contributed by atoms with E-state index in [2.05, 4.69) is 15.6 Å². The van der Waals surface area contributed by atoms with Crippen LogP contribution in [0.15, 0.2) is 54.6 Å². The first kappa shape index (κ1) is 21.3. The van der Waals surface area contributed by atoms with Crippen LogP contribution in [0.3, 0.4) is 0 Å². The van der Waals surface area contributed by atoms with E-state index in [1.165, 1.54) is 6.07 Å². The molecule has 0 aliphatic rings. The highest BCUT2D eigenvalue weighted by Gasteiger charge is 2.18. The van der Waals surface area contributed by atoms with Crippen LogP contribution in [0.2, 0.25) is 0 Å². The summed E-state index contributed by atoms with van der Waals surface area (Å²) in [7, 11) is 0. The summed E-state index contributed by atoms with van der Waals surface area (Å²) in [6, 6.07) is 14.7. The second-order valence-electron chi connectivity index (χ2n) is 7.08. The molecule has 3 rings (SSSR count). The molecule has 0 spiro atoms. The number of urea groups is 1.